The summed E-state index contributed by atoms with van der Waals surface area (Å²) in [5.74, 6) is 0. The fraction of sp³-hybridized carbons (Fsp3) is 0.200. The van der Waals surface area contributed by atoms with Crippen LogP contribution in [0.2, 0.25) is 0 Å². The highest BCUT2D eigenvalue weighted by atomic mass is 32.2. The number of para-hydroxylation sites is 1. The Balaban J connectivity index is 1.63. The number of rotatable bonds is 6. The molecule has 1 N–H and O–H groups in total. The molecule has 0 saturated heterocycles. The summed E-state index contributed by atoms with van der Waals surface area (Å²) in [6, 6.07) is 7.82. The standard InChI is InChI=1S/C15H13N5O2S2/c1-21-7-6-16-14-19-20-15(24-14)23-13-12-11(17-8-18-13)9-4-2-3-5-10(9)22-12/h2-5,8H,6-7H2,1H3,(H,16,19). The third-order valence-electron chi connectivity index (χ3n) is 3.30. The molecule has 1 aromatic carbocycles. The van der Waals surface area contributed by atoms with Gasteiger partial charge in [-0.2, -0.15) is 0 Å². The summed E-state index contributed by atoms with van der Waals surface area (Å²) in [5.41, 5.74) is 2.29. The molecule has 0 aliphatic rings. The van der Waals surface area contributed by atoms with Crippen molar-refractivity contribution in [2.75, 3.05) is 25.6 Å². The van der Waals surface area contributed by atoms with Crippen molar-refractivity contribution in [1.29, 1.82) is 0 Å². The van der Waals surface area contributed by atoms with Gasteiger partial charge < -0.3 is 14.5 Å². The summed E-state index contributed by atoms with van der Waals surface area (Å²) in [7, 11) is 1.66. The second-order valence-electron chi connectivity index (χ2n) is 4.85. The Morgan fingerprint density at radius 1 is 1.25 bits per heavy atom. The Labute approximate surface area is 145 Å². The molecule has 4 rings (SSSR count). The van der Waals surface area contributed by atoms with Gasteiger partial charge in [-0.3, -0.25) is 0 Å². The Morgan fingerprint density at radius 3 is 3.08 bits per heavy atom. The number of benzene rings is 1. The molecule has 24 heavy (non-hydrogen) atoms. The molecule has 0 fully saturated rings. The van der Waals surface area contributed by atoms with E-state index in [1.165, 1.54) is 23.1 Å². The number of aromatic nitrogens is 4. The first kappa shape index (κ1) is 15.3. The van der Waals surface area contributed by atoms with Gasteiger partial charge in [-0.15, -0.1) is 10.2 Å². The van der Waals surface area contributed by atoms with Crippen molar-refractivity contribution in [3.05, 3.63) is 30.6 Å². The van der Waals surface area contributed by atoms with Crippen LogP contribution in [0.1, 0.15) is 0 Å². The van der Waals surface area contributed by atoms with Crippen molar-refractivity contribution in [2.45, 2.75) is 9.37 Å². The van der Waals surface area contributed by atoms with Gasteiger partial charge in [0, 0.05) is 19.0 Å². The van der Waals surface area contributed by atoms with E-state index in [1.807, 2.05) is 24.3 Å². The van der Waals surface area contributed by atoms with E-state index in [1.54, 1.807) is 13.4 Å². The number of hydrogen-bond donors (Lipinski definition) is 1. The number of nitrogens with zero attached hydrogens (tertiary/aromatic N) is 4. The molecule has 0 atom stereocenters. The Morgan fingerprint density at radius 2 is 2.17 bits per heavy atom. The van der Waals surface area contributed by atoms with Crippen molar-refractivity contribution in [3.8, 4) is 0 Å². The first-order valence-corrected chi connectivity index (χ1v) is 8.85. The van der Waals surface area contributed by atoms with Crippen molar-refractivity contribution in [1.82, 2.24) is 20.2 Å². The lowest BCUT2D eigenvalue weighted by molar-refractivity contribution is 0.211. The molecule has 4 aromatic rings. The van der Waals surface area contributed by atoms with Gasteiger partial charge in [-0.25, -0.2) is 9.97 Å². The maximum atomic E-state index is 5.92. The van der Waals surface area contributed by atoms with Crippen LogP contribution in [0.15, 0.2) is 44.4 Å². The van der Waals surface area contributed by atoms with Gasteiger partial charge in [-0.05, 0) is 23.9 Å². The van der Waals surface area contributed by atoms with Crippen LogP contribution >= 0.6 is 23.1 Å². The van der Waals surface area contributed by atoms with Crippen LogP contribution in [0, 0.1) is 0 Å². The molecule has 0 spiro atoms. The molecule has 0 unspecified atom stereocenters. The molecule has 3 aromatic heterocycles. The predicted molar refractivity (Wildman–Crippen MR) is 93.7 cm³/mol. The van der Waals surface area contributed by atoms with Gasteiger partial charge in [-0.1, -0.05) is 23.5 Å². The van der Waals surface area contributed by atoms with Crippen molar-refractivity contribution < 1.29 is 9.15 Å². The van der Waals surface area contributed by atoms with Crippen LogP contribution in [0.5, 0.6) is 0 Å². The van der Waals surface area contributed by atoms with E-state index in [0.717, 1.165) is 31.0 Å². The topological polar surface area (TPSA) is 86.0 Å². The lowest BCUT2D eigenvalue weighted by Gasteiger charge is -1.98. The highest BCUT2D eigenvalue weighted by Gasteiger charge is 2.15. The SMILES string of the molecule is COCCNc1nnc(Sc2ncnc3c2oc2ccccc23)s1. The van der Waals surface area contributed by atoms with E-state index in [0.29, 0.717) is 18.7 Å². The zero-order chi connectivity index (χ0) is 16.4. The van der Waals surface area contributed by atoms with E-state index in [-0.39, 0.29) is 0 Å². The smallest absolute Gasteiger partial charge is 0.206 e. The lowest BCUT2D eigenvalue weighted by Crippen LogP contribution is -2.06. The zero-order valence-electron chi connectivity index (χ0n) is 12.7. The Kier molecular flexibility index (Phi) is 4.28. The van der Waals surface area contributed by atoms with E-state index >= 15 is 0 Å². The number of nitrogens with one attached hydrogen (secondary N) is 1. The third kappa shape index (κ3) is 2.93. The second-order valence-corrected chi connectivity index (χ2v) is 7.06. The number of hydrogen-bond acceptors (Lipinski definition) is 9. The van der Waals surface area contributed by atoms with Crippen LogP contribution in [-0.4, -0.2) is 40.4 Å². The molecule has 0 radical (unpaired) electrons. The minimum atomic E-state index is 0.619. The van der Waals surface area contributed by atoms with Crippen LogP contribution in [0.25, 0.3) is 22.1 Å². The van der Waals surface area contributed by atoms with Crippen molar-refractivity contribution >= 4 is 50.3 Å². The minimum Gasteiger partial charge on any atom is -0.451 e. The highest BCUT2D eigenvalue weighted by molar-refractivity contribution is 8.01. The summed E-state index contributed by atoms with van der Waals surface area (Å²) in [6.45, 7) is 1.31. The zero-order valence-corrected chi connectivity index (χ0v) is 14.4. The van der Waals surface area contributed by atoms with Crippen molar-refractivity contribution in [2.24, 2.45) is 0 Å². The normalized spacial score (nSPS) is 11.4. The molecule has 0 saturated carbocycles. The Hall–Kier alpha value is -2.23. The van der Waals surface area contributed by atoms with Gasteiger partial charge in [0.25, 0.3) is 0 Å². The fourth-order valence-corrected chi connectivity index (χ4v) is 3.96. The summed E-state index contributed by atoms with van der Waals surface area (Å²) < 4.78 is 11.7. The molecule has 9 heteroatoms. The maximum absolute atomic E-state index is 5.92. The quantitative estimate of drug-likeness (QED) is 0.414. The molecule has 0 aliphatic carbocycles. The monoisotopic (exact) mass is 359 g/mol. The summed E-state index contributed by atoms with van der Waals surface area (Å²) >= 11 is 2.89. The van der Waals surface area contributed by atoms with Gasteiger partial charge in [0.2, 0.25) is 5.13 Å². The van der Waals surface area contributed by atoms with Gasteiger partial charge in [0.15, 0.2) is 9.92 Å². The number of methoxy groups -OCH3 is 1. The third-order valence-corrected chi connectivity index (χ3v) is 5.21. The Bertz CT molecular complexity index is 984. The van der Waals surface area contributed by atoms with E-state index in [9.17, 15) is 0 Å². The fourth-order valence-electron chi connectivity index (χ4n) is 2.24. The first-order valence-electron chi connectivity index (χ1n) is 7.21. The molecular weight excluding hydrogens is 346 g/mol. The van der Waals surface area contributed by atoms with E-state index in [4.69, 9.17) is 9.15 Å². The minimum absolute atomic E-state index is 0.619. The van der Waals surface area contributed by atoms with Crippen LogP contribution < -0.4 is 5.32 Å². The molecule has 0 aliphatic heterocycles. The average Bonchev–Trinajstić information content (AvgIpc) is 3.20. The molecule has 122 valence electrons. The van der Waals surface area contributed by atoms with Crippen LogP contribution in [0.4, 0.5) is 5.13 Å². The average molecular weight is 359 g/mol. The number of anilines is 1. The van der Waals surface area contributed by atoms with Crippen molar-refractivity contribution in [3.63, 3.8) is 0 Å². The molecule has 3 heterocycles. The summed E-state index contributed by atoms with van der Waals surface area (Å²) in [4.78, 5) is 8.69. The largest absolute Gasteiger partial charge is 0.451 e. The molecular formula is C15H13N5O2S2. The lowest BCUT2D eigenvalue weighted by atomic mass is 10.2. The number of furan rings is 1. The second kappa shape index (κ2) is 6.71. The molecule has 7 nitrogen and oxygen atoms in total. The highest BCUT2D eigenvalue weighted by Crippen LogP contribution is 2.37. The summed E-state index contributed by atoms with van der Waals surface area (Å²) in [6.07, 6.45) is 1.55. The molecule has 0 amide bonds. The van der Waals surface area contributed by atoms with Crippen LogP contribution in [-0.2, 0) is 4.74 Å². The van der Waals surface area contributed by atoms with E-state index in [2.05, 4.69) is 25.5 Å². The number of ether oxygens (including phenoxy) is 1. The molecule has 0 bridgehead atoms. The predicted octanol–water partition coefficient (Wildman–Crippen LogP) is 3.44. The first-order chi connectivity index (χ1) is 11.8. The maximum Gasteiger partial charge on any atom is 0.206 e. The van der Waals surface area contributed by atoms with Gasteiger partial charge >= 0.3 is 0 Å². The summed E-state index contributed by atoms with van der Waals surface area (Å²) in [5, 5.41) is 13.9. The number of fused-ring (bicyclic) bond motifs is 3. The van der Waals surface area contributed by atoms with E-state index < -0.39 is 0 Å². The van der Waals surface area contributed by atoms with Gasteiger partial charge in [0.1, 0.15) is 22.5 Å². The van der Waals surface area contributed by atoms with Crippen LogP contribution in [0.3, 0.4) is 0 Å². The van der Waals surface area contributed by atoms with Gasteiger partial charge in [0.05, 0.1) is 6.61 Å².